The van der Waals surface area contributed by atoms with Gasteiger partial charge < -0.3 is 9.26 Å². The molecule has 0 saturated heterocycles. The molecule has 0 bridgehead atoms. The molecule has 0 aliphatic heterocycles. The lowest BCUT2D eigenvalue weighted by Gasteiger charge is -2.06. The topological polar surface area (TPSA) is 82.3 Å². The van der Waals surface area contributed by atoms with E-state index in [9.17, 15) is 8.42 Å². The third-order valence-electron chi connectivity index (χ3n) is 2.11. The van der Waals surface area contributed by atoms with Crippen LogP contribution in [0.5, 0.6) is 5.75 Å². The zero-order valence-corrected chi connectivity index (χ0v) is 12.0. The van der Waals surface area contributed by atoms with Crippen molar-refractivity contribution in [3.8, 4) is 5.75 Å². The summed E-state index contributed by atoms with van der Waals surface area (Å²) in [6.07, 6.45) is 0. The minimum Gasteiger partial charge on any atom is -0.482 e. The Morgan fingerprint density at radius 3 is 2.68 bits per heavy atom. The highest BCUT2D eigenvalue weighted by Crippen LogP contribution is 2.29. The Hall–Kier alpha value is -1.31. The molecular formula is C10H8Cl2N2O4S. The fourth-order valence-electron chi connectivity index (χ4n) is 1.29. The highest BCUT2D eigenvalue weighted by Gasteiger charge is 2.13. The maximum absolute atomic E-state index is 11.1. The number of ether oxygens (including phenoxy) is 1. The summed E-state index contributed by atoms with van der Waals surface area (Å²) in [5, 5.41) is 3.72. The van der Waals surface area contributed by atoms with Crippen LogP contribution >= 0.6 is 22.3 Å². The van der Waals surface area contributed by atoms with Crippen LogP contribution in [-0.4, -0.2) is 18.6 Å². The average molecular weight is 323 g/mol. The third-order valence-corrected chi connectivity index (χ3v) is 3.75. The van der Waals surface area contributed by atoms with Gasteiger partial charge >= 0.3 is 0 Å². The van der Waals surface area contributed by atoms with Crippen LogP contribution in [0.2, 0.25) is 5.02 Å². The summed E-state index contributed by atoms with van der Waals surface area (Å²) >= 11 is 5.89. The molecule has 19 heavy (non-hydrogen) atoms. The molecule has 9 heteroatoms. The first-order chi connectivity index (χ1) is 8.86. The molecule has 0 unspecified atom stereocenters. The van der Waals surface area contributed by atoms with Crippen LogP contribution in [0.15, 0.2) is 27.6 Å². The number of hydrogen-bond acceptors (Lipinski definition) is 6. The quantitative estimate of drug-likeness (QED) is 0.804. The molecule has 102 valence electrons. The Morgan fingerprint density at radius 2 is 2.16 bits per heavy atom. The number of nitrogens with zero attached hydrogens (tertiary/aromatic N) is 2. The molecule has 2 aromatic rings. The maximum Gasteiger partial charge on any atom is 0.264 e. The highest BCUT2D eigenvalue weighted by atomic mass is 35.7. The van der Waals surface area contributed by atoms with Crippen LogP contribution in [-0.2, 0) is 15.7 Å². The second-order valence-electron chi connectivity index (χ2n) is 3.55. The summed E-state index contributed by atoms with van der Waals surface area (Å²) in [5.41, 5.74) is 0. The summed E-state index contributed by atoms with van der Waals surface area (Å²) in [4.78, 5) is 3.85. The van der Waals surface area contributed by atoms with Crippen LogP contribution in [0.4, 0.5) is 0 Å². The van der Waals surface area contributed by atoms with E-state index in [-0.39, 0.29) is 16.5 Å². The van der Waals surface area contributed by atoms with Crippen LogP contribution in [0.25, 0.3) is 0 Å². The van der Waals surface area contributed by atoms with Crippen LogP contribution in [0.1, 0.15) is 11.7 Å². The van der Waals surface area contributed by atoms with Gasteiger partial charge in [0.15, 0.2) is 12.4 Å². The van der Waals surface area contributed by atoms with Crippen molar-refractivity contribution in [2.24, 2.45) is 0 Å². The lowest BCUT2D eigenvalue weighted by Crippen LogP contribution is -1.97. The van der Waals surface area contributed by atoms with Crippen molar-refractivity contribution in [2.75, 3.05) is 0 Å². The lowest BCUT2D eigenvalue weighted by molar-refractivity contribution is 0.242. The second kappa shape index (κ2) is 5.36. The maximum atomic E-state index is 11.1. The Labute approximate surface area is 118 Å². The molecule has 0 aliphatic rings. The molecule has 0 saturated carbocycles. The van der Waals surface area contributed by atoms with Gasteiger partial charge in [-0.15, -0.1) is 0 Å². The summed E-state index contributed by atoms with van der Waals surface area (Å²) in [6.45, 7) is 1.72. The van der Waals surface area contributed by atoms with E-state index in [1.54, 1.807) is 6.92 Å². The SMILES string of the molecule is Cc1noc(COc2ccc(S(=O)(=O)Cl)cc2Cl)n1. The first-order valence-corrected chi connectivity index (χ1v) is 7.71. The third kappa shape index (κ3) is 3.59. The van der Waals surface area contributed by atoms with Crippen molar-refractivity contribution in [1.82, 2.24) is 10.1 Å². The predicted octanol–water partition coefficient (Wildman–Crippen LogP) is 2.54. The van der Waals surface area contributed by atoms with Gasteiger partial charge in [-0.2, -0.15) is 4.98 Å². The van der Waals surface area contributed by atoms with Gasteiger partial charge in [-0.1, -0.05) is 16.8 Å². The largest absolute Gasteiger partial charge is 0.482 e. The van der Waals surface area contributed by atoms with Crippen molar-refractivity contribution >= 4 is 31.3 Å². The van der Waals surface area contributed by atoms with Gasteiger partial charge in [-0.3, -0.25) is 0 Å². The zero-order chi connectivity index (χ0) is 14.0. The van der Waals surface area contributed by atoms with Crippen LogP contribution in [0.3, 0.4) is 0 Å². The smallest absolute Gasteiger partial charge is 0.264 e. The minimum atomic E-state index is -3.81. The minimum absolute atomic E-state index is 0.0352. The Balaban J connectivity index is 2.14. The number of aromatic nitrogens is 2. The Bertz CT molecular complexity index is 699. The van der Waals surface area contributed by atoms with Gasteiger partial charge in [-0.25, -0.2) is 8.42 Å². The summed E-state index contributed by atoms with van der Waals surface area (Å²) in [6, 6.07) is 3.90. The fourth-order valence-corrected chi connectivity index (χ4v) is 2.37. The Morgan fingerprint density at radius 1 is 1.42 bits per heavy atom. The Kier molecular flexibility index (Phi) is 3.98. The van der Waals surface area contributed by atoms with E-state index in [2.05, 4.69) is 10.1 Å². The number of hydrogen-bond donors (Lipinski definition) is 0. The molecular weight excluding hydrogens is 315 g/mol. The second-order valence-corrected chi connectivity index (χ2v) is 6.53. The molecule has 0 fully saturated rings. The molecule has 0 N–H and O–H groups in total. The molecule has 0 atom stereocenters. The van der Waals surface area contributed by atoms with Crippen molar-refractivity contribution in [2.45, 2.75) is 18.4 Å². The summed E-state index contributed by atoms with van der Waals surface area (Å²) in [5.74, 6) is 1.08. The predicted molar refractivity (Wildman–Crippen MR) is 67.9 cm³/mol. The van der Waals surface area contributed by atoms with Crippen molar-refractivity contribution in [3.63, 3.8) is 0 Å². The van der Waals surface area contributed by atoms with Crippen LogP contribution in [0, 0.1) is 6.92 Å². The van der Waals surface area contributed by atoms with Gasteiger partial charge in [0, 0.05) is 10.7 Å². The molecule has 1 heterocycles. The van der Waals surface area contributed by atoms with Gasteiger partial charge in [-0.05, 0) is 25.1 Å². The summed E-state index contributed by atoms with van der Waals surface area (Å²) < 4.78 is 32.4. The molecule has 1 aromatic carbocycles. The van der Waals surface area contributed by atoms with Gasteiger partial charge in [0.25, 0.3) is 14.9 Å². The van der Waals surface area contributed by atoms with E-state index in [0.717, 1.165) is 0 Å². The van der Waals surface area contributed by atoms with Crippen molar-refractivity contribution < 1.29 is 17.7 Å². The molecule has 0 amide bonds. The molecule has 6 nitrogen and oxygen atoms in total. The average Bonchev–Trinajstić information content (AvgIpc) is 2.72. The van der Waals surface area contributed by atoms with E-state index < -0.39 is 9.05 Å². The summed E-state index contributed by atoms with van der Waals surface area (Å²) in [7, 11) is 1.38. The van der Waals surface area contributed by atoms with Crippen LogP contribution < -0.4 is 4.74 Å². The number of rotatable bonds is 4. The monoisotopic (exact) mass is 322 g/mol. The van der Waals surface area contributed by atoms with Crippen molar-refractivity contribution in [3.05, 3.63) is 34.9 Å². The fraction of sp³-hybridized carbons (Fsp3) is 0.200. The zero-order valence-electron chi connectivity index (χ0n) is 9.63. The van der Waals surface area contributed by atoms with E-state index in [4.69, 9.17) is 31.5 Å². The molecule has 0 radical (unpaired) electrons. The van der Waals surface area contributed by atoms with Gasteiger partial charge in [0.05, 0.1) is 9.92 Å². The lowest BCUT2D eigenvalue weighted by atomic mass is 10.3. The molecule has 1 aromatic heterocycles. The number of aryl methyl sites for hydroxylation is 1. The van der Waals surface area contributed by atoms with Crippen molar-refractivity contribution in [1.29, 1.82) is 0 Å². The standard InChI is InChI=1S/C10H8Cl2N2O4S/c1-6-13-10(18-14-6)5-17-9-3-2-7(4-8(9)11)19(12,15)16/h2-4H,5H2,1H3. The van der Waals surface area contributed by atoms with E-state index in [0.29, 0.717) is 17.5 Å². The molecule has 0 aliphatic carbocycles. The molecule has 2 rings (SSSR count). The normalized spacial score (nSPS) is 11.5. The highest BCUT2D eigenvalue weighted by molar-refractivity contribution is 8.13. The first kappa shape index (κ1) is 14.1. The van der Waals surface area contributed by atoms with Gasteiger partial charge in [0.2, 0.25) is 0 Å². The molecule has 0 spiro atoms. The number of benzene rings is 1. The van der Waals surface area contributed by atoms with Gasteiger partial charge in [0.1, 0.15) is 5.75 Å². The van der Waals surface area contributed by atoms with E-state index in [1.807, 2.05) is 0 Å². The van der Waals surface area contributed by atoms with E-state index in [1.165, 1.54) is 18.2 Å². The number of halogens is 2. The van der Waals surface area contributed by atoms with E-state index >= 15 is 0 Å². The first-order valence-electron chi connectivity index (χ1n) is 5.02.